The van der Waals surface area contributed by atoms with Gasteiger partial charge < -0.3 is 20.3 Å². The number of aliphatic imine (C=N–C) groups is 3. The molecule has 0 unspecified atom stereocenters. The zero-order chi connectivity index (χ0) is 31.6. The minimum atomic E-state index is -1.22. The minimum Gasteiger partial charge on any atom is -0.515 e. The number of fused-ring (bicyclic) bond motifs is 5. The van der Waals surface area contributed by atoms with E-state index in [1.807, 2.05) is 45.9 Å². The first-order valence-electron chi connectivity index (χ1n) is 14.7. The first kappa shape index (κ1) is 29.2. The normalized spacial score (nSPS) is 26.6. The van der Waals surface area contributed by atoms with Crippen LogP contribution in [0.25, 0.3) is 0 Å². The van der Waals surface area contributed by atoms with Crippen LogP contribution in [0.1, 0.15) is 53.9 Å². The quantitative estimate of drug-likeness (QED) is 0.227. The molecule has 0 aromatic heterocycles. The number of hydrogen-bond acceptors (Lipinski definition) is 9. The fourth-order valence-electron chi connectivity index (χ4n) is 6.94. The van der Waals surface area contributed by atoms with Crippen molar-refractivity contribution in [2.75, 3.05) is 7.11 Å². The molecular weight excluding hydrogens is 560 g/mol. The highest BCUT2D eigenvalue weighted by Gasteiger charge is 2.51. The second-order valence-electron chi connectivity index (χ2n) is 11.7. The van der Waals surface area contributed by atoms with E-state index in [2.05, 4.69) is 12.2 Å². The summed E-state index contributed by atoms with van der Waals surface area (Å²) >= 11 is 0. The maximum Gasteiger partial charge on any atom is 0.321 e. The summed E-state index contributed by atoms with van der Waals surface area (Å²) < 4.78 is 5.11. The number of aliphatic hydroxyl groups excluding tert-OH is 1. The lowest BCUT2D eigenvalue weighted by Crippen LogP contribution is -2.26. The van der Waals surface area contributed by atoms with Crippen LogP contribution in [0.4, 0.5) is 0 Å². The van der Waals surface area contributed by atoms with Crippen molar-refractivity contribution in [2.45, 2.75) is 53.9 Å². The van der Waals surface area contributed by atoms with E-state index >= 15 is 0 Å². The van der Waals surface area contributed by atoms with E-state index in [-0.39, 0.29) is 30.5 Å². The van der Waals surface area contributed by atoms with Gasteiger partial charge >= 0.3 is 11.9 Å². The van der Waals surface area contributed by atoms with Gasteiger partial charge in [0.25, 0.3) is 0 Å². The Labute approximate surface area is 255 Å². The summed E-state index contributed by atoms with van der Waals surface area (Å²) in [6.45, 7) is 9.73. The zero-order valence-electron chi connectivity index (χ0n) is 25.5. The molecular formula is C34H34N4O6. The van der Waals surface area contributed by atoms with E-state index in [9.17, 15) is 24.6 Å². The predicted octanol–water partition coefficient (Wildman–Crippen LogP) is 5.12. The van der Waals surface area contributed by atoms with Crippen LogP contribution in [0.5, 0.6) is 0 Å². The molecule has 5 heterocycles. The zero-order valence-corrected chi connectivity index (χ0v) is 25.5. The topological polar surface area (TPSA) is 150 Å². The number of hydrogen-bond donors (Lipinski definition) is 3. The smallest absolute Gasteiger partial charge is 0.321 e. The van der Waals surface area contributed by atoms with Crippen molar-refractivity contribution in [1.29, 1.82) is 0 Å². The highest BCUT2D eigenvalue weighted by atomic mass is 16.5. The first-order valence-corrected chi connectivity index (χ1v) is 14.7. The number of ketones is 1. The van der Waals surface area contributed by atoms with Gasteiger partial charge in [0.15, 0.2) is 5.78 Å². The third-order valence-corrected chi connectivity index (χ3v) is 9.43. The van der Waals surface area contributed by atoms with Crippen LogP contribution < -0.4 is 5.32 Å². The van der Waals surface area contributed by atoms with Gasteiger partial charge in [-0.2, -0.15) is 0 Å². The number of nitrogens with zero attached hydrogens (tertiary/aromatic N) is 3. The second kappa shape index (κ2) is 10.7. The molecule has 44 heavy (non-hydrogen) atoms. The van der Waals surface area contributed by atoms with Gasteiger partial charge in [-0.15, -0.1) is 0 Å². The van der Waals surface area contributed by atoms with Crippen LogP contribution in [0.2, 0.25) is 0 Å². The van der Waals surface area contributed by atoms with Crippen molar-refractivity contribution < 1.29 is 29.3 Å². The van der Waals surface area contributed by atoms with Crippen LogP contribution >= 0.6 is 0 Å². The number of ether oxygens (including phenoxy) is 1. The maximum absolute atomic E-state index is 14.0. The van der Waals surface area contributed by atoms with Crippen LogP contribution in [-0.4, -0.2) is 52.2 Å². The Kier molecular flexibility index (Phi) is 7.10. The molecule has 10 nitrogen and oxygen atoms in total. The van der Waals surface area contributed by atoms with E-state index in [0.29, 0.717) is 57.2 Å². The Bertz CT molecular complexity index is 1820. The first-order chi connectivity index (χ1) is 21.0. The third kappa shape index (κ3) is 4.31. The maximum atomic E-state index is 14.0. The summed E-state index contributed by atoms with van der Waals surface area (Å²) in [6, 6.07) is 0. The number of aliphatic carboxylic acids is 1. The van der Waals surface area contributed by atoms with E-state index in [1.165, 1.54) is 7.11 Å². The van der Waals surface area contributed by atoms with Gasteiger partial charge in [-0.05, 0) is 74.1 Å². The van der Waals surface area contributed by atoms with Crippen molar-refractivity contribution in [3.8, 4) is 0 Å². The van der Waals surface area contributed by atoms with E-state index in [0.717, 1.165) is 40.1 Å². The van der Waals surface area contributed by atoms with Crippen LogP contribution in [0.15, 0.2) is 107 Å². The molecule has 0 aromatic rings. The summed E-state index contributed by atoms with van der Waals surface area (Å²) in [4.78, 5) is 53.6. The molecule has 0 aromatic carbocycles. The molecule has 10 heteroatoms. The molecule has 0 amide bonds. The molecule has 1 aliphatic carbocycles. The number of carbonyl (C=O) groups excluding carboxylic acids is 2. The molecule has 6 aliphatic rings. The van der Waals surface area contributed by atoms with Crippen molar-refractivity contribution in [1.82, 2.24) is 5.32 Å². The highest BCUT2D eigenvalue weighted by molar-refractivity contribution is 6.42. The molecule has 1 saturated heterocycles. The lowest BCUT2D eigenvalue weighted by atomic mass is 9.85. The molecule has 0 radical (unpaired) electrons. The lowest BCUT2D eigenvalue weighted by molar-refractivity contribution is -0.146. The average Bonchev–Trinajstić information content (AvgIpc) is 3.72. The van der Waals surface area contributed by atoms with Gasteiger partial charge in [0.2, 0.25) is 0 Å². The number of Topliss-reactive ketones (excluding diaryl/α,β-unsaturated/α-hetero) is 1. The van der Waals surface area contributed by atoms with Gasteiger partial charge in [0, 0.05) is 46.4 Å². The molecule has 0 spiro atoms. The molecule has 3 N–H and O–H groups in total. The minimum absolute atomic E-state index is 0.1000. The summed E-state index contributed by atoms with van der Waals surface area (Å²) in [7, 11) is 1.25. The Hall–Kier alpha value is -4.86. The second-order valence-corrected chi connectivity index (χ2v) is 11.7. The van der Waals surface area contributed by atoms with Crippen LogP contribution in [0, 0.1) is 17.8 Å². The van der Waals surface area contributed by atoms with E-state index in [1.54, 1.807) is 0 Å². The van der Waals surface area contributed by atoms with Gasteiger partial charge in [0.1, 0.15) is 5.92 Å². The fraction of sp³-hybridized carbons (Fsp3) is 0.353. The number of allylic oxidation sites excluding steroid dienone is 11. The number of esters is 1. The van der Waals surface area contributed by atoms with Crippen molar-refractivity contribution in [3.05, 3.63) is 92.0 Å². The summed E-state index contributed by atoms with van der Waals surface area (Å²) in [5.41, 5.74) is 9.79. The van der Waals surface area contributed by atoms with Crippen molar-refractivity contribution >= 4 is 34.9 Å². The van der Waals surface area contributed by atoms with Crippen molar-refractivity contribution in [2.24, 2.45) is 32.7 Å². The SMILES string of the molecule is CCC1=C(C)C2=CC3=NC(=C(C)/C3=C\O)C=C3NC(=C4C5=NC(=CC1=N2)C(C)=C5C(=O)[C@@H]4C(=O)OC)[C@@H](CCC(=O)O)[C@@H]3C. The molecule has 5 aliphatic heterocycles. The fourth-order valence-corrected chi connectivity index (χ4v) is 6.94. The number of methoxy groups -OCH3 is 1. The van der Waals surface area contributed by atoms with Crippen LogP contribution in [0.3, 0.4) is 0 Å². The summed E-state index contributed by atoms with van der Waals surface area (Å²) in [5, 5.41) is 23.3. The van der Waals surface area contributed by atoms with Gasteiger partial charge in [-0.3, -0.25) is 14.4 Å². The number of carboxylic acids is 1. The van der Waals surface area contributed by atoms with Gasteiger partial charge in [-0.1, -0.05) is 13.8 Å². The largest absolute Gasteiger partial charge is 0.515 e. The Balaban J connectivity index is 1.68. The molecule has 226 valence electrons. The average molecular weight is 595 g/mol. The number of rotatable bonds is 5. The van der Waals surface area contributed by atoms with E-state index in [4.69, 9.17) is 19.7 Å². The summed E-state index contributed by atoms with van der Waals surface area (Å²) in [5.74, 6) is -3.80. The van der Waals surface area contributed by atoms with Gasteiger partial charge in [-0.25, -0.2) is 15.0 Å². The summed E-state index contributed by atoms with van der Waals surface area (Å²) in [6.07, 6.45) is 7.57. The van der Waals surface area contributed by atoms with Crippen molar-refractivity contribution in [3.63, 3.8) is 0 Å². The highest BCUT2D eigenvalue weighted by Crippen LogP contribution is 2.47. The lowest BCUT2D eigenvalue weighted by Gasteiger charge is -2.18. The monoisotopic (exact) mass is 594 g/mol. The standard InChI is InChI=1S/C34H34N4O6/c1-7-18-14(2)22-11-26-20(13-39)16(4)21(36-26)10-23-15(3)19(8-9-27(40)41)31(37-23)29-30(34(43)44-6)33(42)28-17(5)24(38-32(28)29)12-25(18)35-22/h10-13,15,19,30,37,39H,7-9H2,1-6H3,(H,40,41)/b20-13+,22-11?,23-10?,24-12?,31-29?/t15-,19-,30+/m0/s1. The van der Waals surface area contributed by atoms with E-state index < -0.39 is 17.9 Å². The number of carbonyl (C=O) groups is 3. The third-order valence-electron chi connectivity index (χ3n) is 9.43. The molecule has 1 saturated carbocycles. The Morgan fingerprint density at radius 3 is 2.39 bits per heavy atom. The Morgan fingerprint density at radius 1 is 1.02 bits per heavy atom. The number of carboxylic acid groups (broad SMARTS) is 1. The molecule has 2 fully saturated rings. The van der Waals surface area contributed by atoms with Crippen LogP contribution in [-0.2, 0) is 19.1 Å². The molecule has 8 bridgehead atoms. The van der Waals surface area contributed by atoms with Gasteiger partial charge in [0.05, 0.1) is 47.6 Å². The molecule has 6 rings (SSSR count). The molecule has 3 atom stereocenters. The predicted molar refractivity (Wildman–Crippen MR) is 166 cm³/mol. The number of aliphatic hydroxyl groups is 1. The number of nitrogens with one attached hydrogen (secondary N) is 1. The Morgan fingerprint density at radius 2 is 1.73 bits per heavy atom.